The molecule has 0 aliphatic carbocycles. The van der Waals surface area contributed by atoms with Gasteiger partial charge in [0.25, 0.3) is 0 Å². The Hall–Kier alpha value is -1.77. The number of anilines is 1. The van der Waals surface area contributed by atoms with Crippen LogP contribution in [-0.4, -0.2) is 9.78 Å². The van der Waals surface area contributed by atoms with E-state index in [2.05, 4.69) is 43.2 Å². The predicted molar refractivity (Wildman–Crippen MR) is 71.9 cm³/mol. The van der Waals surface area contributed by atoms with E-state index < -0.39 is 0 Å². The van der Waals surface area contributed by atoms with Gasteiger partial charge in [0.05, 0.1) is 0 Å². The van der Waals surface area contributed by atoms with Gasteiger partial charge >= 0.3 is 0 Å². The number of aromatic nitrogens is 2. The SMILES string of the molecule is Cc1c(-c2ccc(C(C)C)cc2)c(N)nn1C. The van der Waals surface area contributed by atoms with Crippen LogP contribution in [0.15, 0.2) is 24.3 Å². The lowest BCUT2D eigenvalue weighted by Gasteiger charge is -2.07. The van der Waals surface area contributed by atoms with E-state index in [1.54, 1.807) is 0 Å². The molecule has 3 nitrogen and oxygen atoms in total. The molecule has 0 aliphatic heterocycles. The molecule has 0 radical (unpaired) electrons. The third-order valence-corrected chi connectivity index (χ3v) is 3.23. The zero-order valence-electron chi connectivity index (χ0n) is 10.9. The normalized spacial score (nSPS) is 11.1. The average Bonchev–Trinajstić information content (AvgIpc) is 2.53. The van der Waals surface area contributed by atoms with Crippen molar-refractivity contribution >= 4 is 5.82 Å². The fourth-order valence-electron chi connectivity index (χ4n) is 2.03. The van der Waals surface area contributed by atoms with Crippen molar-refractivity contribution in [2.24, 2.45) is 7.05 Å². The fraction of sp³-hybridized carbons (Fsp3) is 0.357. The molecule has 1 heterocycles. The maximum absolute atomic E-state index is 5.94. The molecular weight excluding hydrogens is 210 g/mol. The van der Waals surface area contributed by atoms with Crippen LogP contribution in [-0.2, 0) is 7.05 Å². The van der Waals surface area contributed by atoms with Gasteiger partial charge < -0.3 is 5.73 Å². The van der Waals surface area contributed by atoms with Crippen molar-refractivity contribution < 1.29 is 0 Å². The van der Waals surface area contributed by atoms with Crippen LogP contribution >= 0.6 is 0 Å². The van der Waals surface area contributed by atoms with Gasteiger partial charge in [-0.15, -0.1) is 0 Å². The average molecular weight is 229 g/mol. The maximum atomic E-state index is 5.94. The third kappa shape index (κ3) is 2.05. The number of benzene rings is 1. The Morgan fingerprint density at radius 2 is 1.76 bits per heavy atom. The smallest absolute Gasteiger partial charge is 0.153 e. The highest BCUT2D eigenvalue weighted by atomic mass is 15.3. The molecule has 0 aliphatic rings. The largest absolute Gasteiger partial charge is 0.382 e. The minimum absolute atomic E-state index is 0.552. The maximum Gasteiger partial charge on any atom is 0.153 e. The first-order valence-electron chi connectivity index (χ1n) is 5.90. The van der Waals surface area contributed by atoms with E-state index in [4.69, 9.17) is 5.73 Å². The van der Waals surface area contributed by atoms with Crippen molar-refractivity contribution in [1.82, 2.24) is 9.78 Å². The summed E-state index contributed by atoms with van der Waals surface area (Å²) in [5.74, 6) is 1.15. The van der Waals surface area contributed by atoms with Gasteiger partial charge in [-0.25, -0.2) is 0 Å². The predicted octanol–water partition coefficient (Wildman–Crippen LogP) is 3.10. The first-order valence-corrected chi connectivity index (χ1v) is 5.90. The Bertz CT molecular complexity index is 521. The highest BCUT2D eigenvalue weighted by Crippen LogP contribution is 2.29. The van der Waals surface area contributed by atoms with Gasteiger partial charge in [-0.3, -0.25) is 4.68 Å². The summed E-state index contributed by atoms with van der Waals surface area (Å²) in [6.45, 7) is 6.42. The fourth-order valence-corrected chi connectivity index (χ4v) is 2.03. The van der Waals surface area contributed by atoms with E-state index in [-0.39, 0.29) is 0 Å². The highest BCUT2D eigenvalue weighted by molar-refractivity contribution is 5.76. The summed E-state index contributed by atoms with van der Waals surface area (Å²) in [6.07, 6.45) is 0. The summed E-state index contributed by atoms with van der Waals surface area (Å²) in [5.41, 5.74) is 10.6. The Labute approximate surface area is 102 Å². The summed E-state index contributed by atoms with van der Waals surface area (Å²) >= 11 is 0. The molecule has 0 atom stereocenters. The standard InChI is InChI=1S/C14H19N3/c1-9(2)11-5-7-12(8-6-11)13-10(3)17(4)16-14(13)15/h5-9H,1-4H3,(H2,15,16). The molecule has 1 aromatic heterocycles. The number of hydrogen-bond acceptors (Lipinski definition) is 2. The monoisotopic (exact) mass is 229 g/mol. The number of nitrogen functional groups attached to an aromatic ring is 1. The lowest BCUT2D eigenvalue weighted by molar-refractivity contribution is 0.744. The molecule has 0 bridgehead atoms. The topological polar surface area (TPSA) is 43.8 Å². The molecule has 0 unspecified atom stereocenters. The molecule has 2 rings (SSSR count). The third-order valence-electron chi connectivity index (χ3n) is 3.23. The van der Waals surface area contributed by atoms with Gasteiger partial charge in [0, 0.05) is 18.3 Å². The van der Waals surface area contributed by atoms with E-state index in [1.807, 2.05) is 18.7 Å². The molecule has 0 saturated carbocycles. The second-order valence-electron chi connectivity index (χ2n) is 4.75. The quantitative estimate of drug-likeness (QED) is 0.860. The van der Waals surface area contributed by atoms with Crippen LogP contribution < -0.4 is 5.73 Å². The molecule has 2 N–H and O–H groups in total. The number of hydrogen-bond donors (Lipinski definition) is 1. The van der Waals surface area contributed by atoms with Gasteiger partial charge in [0.1, 0.15) is 0 Å². The number of nitrogens with zero attached hydrogens (tertiary/aromatic N) is 2. The highest BCUT2D eigenvalue weighted by Gasteiger charge is 2.12. The van der Waals surface area contributed by atoms with Crippen LogP contribution in [0.3, 0.4) is 0 Å². The first kappa shape index (κ1) is 11.7. The van der Waals surface area contributed by atoms with Crippen molar-refractivity contribution in [1.29, 1.82) is 0 Å². The molecular formula is C14H19N3. The summed E-state index contributed by atoms with van der Waals surface area (Å²) in [7, 11) is 1.91. The van der Waals surface area contributed by atoms with Crippen molar-refractivity contribution in [2.75, 3.05) is 5.73 Å². The van der Waals surface area contributed by atoms with Gasteiger partial charge in [-0.2, -0.15) is 5.10 Å². The van der Waals surface area contributed by atoms with E-state index in [0.717, 1.165) is 16.8 Å². The lowest BCUT2D eigenvalue weighted by Crippen LogP contribution is -1.93. The molecule has 0 amide bonds. The molecule has 0 saturated heterocycles. The molecule has 17 heavy (non-hydrogen) atoms. The minimum Gasteiger partial charge on any atom is -0.382 e. The molecule has 1 aromatic carbocycles. The van der Waals surface area contributed by atoms with Crippen LogP contribution in [0.2, 0.25) is 0 Å². The number of rotatable bonds is 2. The number of nitrogens with two attached hydrogens (primary N) is 1. The minimum atomic E-state index is 0.552. The van der Waals surface area contributed by atoms with Gasteiger partial charge in [-0.05, 0) is 24.0 Å². The van der Waals surface area contributed by atoms with E-state index in [9.17, 15) is 0 Å². The first-order chi connectivity index (χ1) is 8.00. The van der Waals surface area contributed by atoms with E-state index in [1.165, 1.54) is 5.56 Å². The van der Waals surface area contributed by atoms with Crippen LogP contribution in [0.25, 0.3) is 11.1 Å². The summed E-state index contributed by atoms with van der Waals surface area (Å²) in [5, 5.41) is 4.24. The van der Waals surface area contributed by atoms with Crippen LogP contribution in [0.4, 0.5) is 5.82 Å². The summed E-state index contributed by atoms with van der Waals surface area (Å²) < 4.78 is 1.82. The van der Waals surface area contributed by atoms with Crippen molar-refractivity contribution in [3.8, 4) is 11.1 Å². The Morgan fingerprint density at radius 3 is 2.18 bits per heavy atom. The summed E-state index contributed by atoms with van der Waals surface area (Å²) in [6, 6.07) is 8.56. The molecule has 2 aromatic rings. The number of aryl methyl sites for hydroxylation is 1. The molecule has 0 fully saturated rings. The zero-order chi connectivity index (χ0) is 12.6. The van der Waals surface area contributed by atoms with Gasteiger partial charge in [-0.1, -0.05) is 38.1 Å². The van der Waals surface area contributed by atoms with Gasteiger partial charge in [0.2, 0.25) is 0 Å². The van der Waals surface area contributed by atoms with E-state index in [0.29, 0.717) is 11.7 Å². The molecule has 90 valence electrons. The van der Waals surface area contributed by atoms with Crippen molar-refractivity contribution in [3.05, 3.63) is 35.5 Å². The lowest BCUT2D eigenvalue weighted by atomic mass is 9.99. The van der Waals surface area contributed by atoms with Gasteiger partial charge in [0.15, 0.2) is 5.82 Å². The van der Waals surface area contributed by atoms with Crippen LogP contribution in [0.1, 0.15) is 31.0 Å². The summed E-state index contributed by atoms with van der Waals surface area (Å²) in [4.78, 5) is 0. The van der Waals surface area contributed by atoms with Crippen molar-refractivity contribution in [2.45, 2.75) is 26.7 Å². The van der Waals surface area contributed by atoms with Crippen molar-refractivity contribution in [3.63, 3.8) is 0 Å². The molecule has 3 heteroatoms. The van der Waals surface area contributed by atoms with Crippen LogP contribution in [0.5, 0.6) is 0 Å². The molecule has 0 spiro atoms. The van der Waals surface area contributed by atoms with E-state index >= 15 is 0 Å². The van der Waals surface area contributed by atoms with Crippen LogP contribution in [0, 0.1) is 6.92 Å². The Kier molecular flexibility index (Phi) is 2.92. The Morgan fingerprint density at radius 1 is 1.18 bits per heavy atom. The zero-order valence-corrected chi connectivity index (χ0v) is 10.9. The Balaban J connectivity index is 2.47. The second-order valence-corrected chi connectivity index (χ2v) is 4.75. The second kappa shape index (κ2) is 4.24.